The minimum Gasteiger partial charge on any atom is -0.397 e. The van der Waals surface area contributed by atoms with Crippen LogP contribution in [0.3, 0.4) is 0 Å². The summed E-state index contributed by atoms with van der Waals surface area (Å²) in [5, 5.41) is 0.644. The van der Waals surface area contributed by atoms with Gasteiger partial charge in [0.1, 0.15) is 10.8 Å². The highest BCUT2D eigenvalue weighted by Crippen LogP contribution is 2.31. The number of halogens is 1. The van der Waals surface area contributed by atoms with E-state index >= 15 is 0 Å². The molecule has 0 bridgehead atoms. The SMILES string of the molecule is Cc1ccc(N)c(Sc2ccccc2F)n1. The lowest BCUT2D eigenvalue weighted by molar-refractivity contribution is 0.602. The van der Waals surface area contributed by atoms with Crippen molar-refractivity contribution in [2.45, 2.75) is 16.8 Å². The molecule has 0 spiro atoms. The third-order valence-corrected chi connectivity index (χ3v) is 3.14. The van der Waals surface area contributed by atoms with Crippen molar-refractivity contribution in [1.29, 1.82) is 0 Å². The Morgan fingerprint density at radius 3 is 2.69 bits per heavy atom. The van der Waals surface area contributed by atoms with Crippen molar-refractivity contribution in [1.82, 2.24) is 4.98 Å². The molecule has 0 unspecified atom stereocenters. The fourth-order valence-electron chi connectivity index (χ4n) is 1.26. The summed E-state index contributed by atoms with van der Waals surface area (Å²) in [5.74, 6) is -0.254. The second kappa shape index (κ2) is 4.53. The van der Waals surface area contributed by atoms with Gasteiger partial charge in [-0.25, -0.2) is 9.37 Å². The maximum atomic E-state index is 13.4. The Hall–Kier alpha value is -1.55. The summed E-state index contributed by atoms with van der Waals surface area (Å²) in [5.41, 5.74) is 7.22. The summed E-state index contributed by atoms with van der Waals surface area (Å²) in [6, 6.07) is 10.2. The van der Waals surface area contributed by atoms with E-state index in [2.05, 4.69) is 4.98 Å². The molecule has 0 fully saturated rings. The predicted octanol–water partition coefficient (Wildman–Crippen LogP) is 3.26. The van der Waals surface area contributed by atoms with Gasteiger partial charge in [0.25, 0.3) is 0 Å². The molecule has 0 aliphatic heterocycles. The van der Waals surface area contributed by atoms with Gasteiger partial charge in [-0.15, -0.1) is 0 Å². The molecular weight excluding hydrogens is 223 g/mol. The Balaban J connectivity index is 2.34. The van der Waals surface area contributed by atoms with Crippen molar-refractivity contribution >= 4 is 17.4 Å². The third-order valence-electron chi connectivity index (χ3n) is 2.07. The zero-order chi connectivity index (χ0) is 11.5. The van der Waals surface area contributed by atoms with Crippen LogP contribution in [-0.2, 0) is 0 Å². The standard InChI is InChI=1S/C12H11FN2S/c1-8-6-7-10(14)12(15-8)16-11-5-3-2-4-9(11)13/h2-7H,14H2,1H3. The second-order valence-corrected chi connectivity index (χ2v) is 4.41. The number of hydrogen-bond acceptors (Lipinski definition) is 3. The summed E-state index contributed by atoms with van der Waals surface area (Å²) in [7, 11) is 0. The number of rotatable bonds is 2. The smallest absolute Gasteiger partial charge is 0.137 e. The first-order valence-electron chi connectivity index (χ1n) is 4.82. The number of nitrogens with zero attached hydrogens (tertiary/aromatic N) is 1. The van der Waals surface area contributed by atoms with Gasteiger partial charge in [-0.05, 0) is 31.2 Å². The largest absolute Gasteiger partial charge is 0.397 e. The number of aryl methyl sites for hydroxylation is 1. The van der Waals surface area contributed by atoms with E-state index in [0.717, 1.165) is 5.69 Å². The summed E-state index contributed by atoms with van der Waals surface area (Å²) in [6.45, 7) is 1.88. The summed E-state index contributed by atoms with van der Waals surface area (Å²) < 4.78 is 13.4. The van der Waals surface area contributed by atoms with Gasteiger partial charge in [-0.3, -0.25) is 0 Å². The quantitative estimate of drug-likeness (QED) is 0.866. The molecule has 82 valence electrons. The lowest BCUT2D eigenvalue weighted by Gasteiger charge is -2.05. The molecule has 2 rings (SSSR count). The minimum absolute atomic E-state index is 0.254. The van der Waals surface area contributed by atoms with Gasteiger partial charge in [0, 0.05) is 10.6 Å². The van der Waals surface area contributed by atoms with E-state index in [1.54, 1.807) is 24.3 Å². The Morgan fingerprint density at radius 1 is 1.19 bits per heavy atom. The van der Waals surface area contributed by atoms with E-state index in [9.17, 15) is 4.39 Å². The van der Waals surface area contributed by atoms with Crippen molar-refractivity contribution in [3.8, 4) is 0 Å². The van der Waals surface area contributed by atoms with E-state index in [4.69, 9.17) is 5.73 Å². The molecule has 2 N–H and O–H groups in total. The number of nitrogen functional groups attached to an aromatic ring is 1. The van der Waals surface area contributed by atoms with Crippen LogP contribution in [0.2, 0.25) is 0 Å². The first kappa shape index (κ1) is 11.0. The Labute approximate surface area is 97.7 Å². The van der Waals surface area contributed by atoms with E-state index in [1.165, 1.54) is 17.8 Å². The molecule has 0 saturated heterocycles. The van der Waals surface area contributed by atoms with Crippen LogP contribution < -0.4 is 5.73 Å². The minimum atomic E-state index is -0.254. The van der Waals surface area contributed by atoms with Crippen LogP contribution in [0.15, 0.2) is 46.3 Å². The first-order valence-corrected chi connectivity index (χ1v) is 5.64. The maximum Gasteiger partial charge on any atom is 0.137 e. The summed E-state index contributed by atoms with van der Waals surface area (Å²) in [4.78, 5) is 4.81. The number of nitrogens with two attached hydrogens (primary N) is 1. The molecule has 1 aromatic carbocycles. The second-order valence-electron chi connectivity index (χ2n) is 3.38. The van der Waals surface area contributed by atoms with Crippen molar-refractivity contribution in [2.75, 3.05) is 5.73 Å². The van der Waals surface area contributed by atoms with Crippen LogP contribution in [0.25, 0.3) is 0 Å². The molecule has 16 heavy (non-hydrogen) atoms. The topological polar surface area (TPSA) is 38.9 Å². The van der Waals surface area contributed by atoms with Crippen LogP contribution in [-0.4, -0.2) is 4.98 Å². The van der Waals surface area contributed by atoms with Gasteiger partial charge >= 0.3 is 0 Å². The molecule has 0 aliphatic rings. The molecule has 1 aromatic heterocycles. The zero-order valence-electron chi connectivity index (χ0n) is 8.77. The first-order chi connectivity index (χ1) is 7.66. The third kappa shape index (κ3) is 2.33. The molecule has 4 heteroatoms. The van der Waals surface area contributed by atoms with Crippen LogP contribution in [0.5, 0.6) is 0 Å². The number of pyridine rings is 1. The molecule has 0 saturated carbocycles. The zero-order valence-corrected chi connectivity index (χ0v) is 9.59. The van der Waals surface area contributed by atoms with E-state index in [1.807, 2.05) is 13.0 Å². The average molecular weight is 234 g/mol. The van der Waals surface area contributed by atoms with Crippen LogP contribution in [0.4, 0.5) is 10.1 Å². The molecule has 2 aromatic rings. The lowest BCUT2D eigenvalue weighted by atomic mass is 10.3. The fourth-order valence-corrected chi connectivity index (χ4v) is 2.15. The number of hydrogen-bond donors (Lipinski definition) is 1. The van der Waals surface area contributed by atoms with E-state index in [-0.39, 0.29) is 5.82 Å². The van der Waals surface area contributed by atoms with Gasteiger partial charge in [-0.1, -0.05) is 23.9 Å². The van der Waals surface area contributed by atoms with Crippen molar-refractivity contribution < 1.29 is 4.39 Å². The Kier molecular flexibility index (Phi) is 3.10. The van der Waals surface area contributed by atoms with Crippen molar-refractivity contribution in [2.24, 2.45) is 0 Å². The Morgan fingerprint density at radius 2 is 1.94 bits per heavy atom. The van der Waals surface area contributed by atoms with Gasteiger partial charge in [0.15, 0.2) is 0 Å². The van der Waals surface area contributed by atoms with Crippen molar-refractivity contribution in [3.63, 3.8) is 0 Å². The average Bonchev–Trinajstić information content (AvgIpc) is 2.27. The molecule has 0 atom stereocenters. The summed E-state index contributed by atoms with van der Waals surface area (Å²) >= 11 is 1.24. The molecular formula is C12H11FN2S. The number of anilines is 1. The number of benzene rings is 1. The highest BCUT2D eigenvalue weighted by molar-refractivity contribution is 7.99. The monoisotopic (exact) mass is 234 g/mol. The molecule has 2 nitrogen and oxygen atoms in total. The van der Waals surface area contributed by atoms with Crippen LogP contribution >= 0.6 is 11.8 Å². The highest BCUT2D eigenvalue weighted by atomic mass is 32.2. The van der Waals surface area contributed by atoms with Gasteiger partial charge in [0.2, 0.25) is 0 Å². The van der Waals surface area contributed by atoms with Crippen LogP contribution in [0.1, 0.15) is 5.69 Å². The fraction of sp³-hybridized carbons (Fsp3) is 0.0833. The van der Waals surface area contributed by atoms with Crippen molar-refractivity contribution in [3.05, 3.63) is 47.9 Å². The molecule has 0 aliphatic carbocycles. The molecule has 0 amide bonds. The lowest BCUT2D eigenvalue weighted by Crippen LogP contribution is -1.93. The van der Waals surface area contributed by atoms with E-state index < -0.39 is 0 Å². The van der Waals surface area contributed by atoms with Gasteiger partial charge < -0.3 is 5.73 Å². The highest BCUT2D eigenvalue weighted by Gasteiger charge is 2.07. The summed E-state index contributed by atoms with van der Waals surface area (Å²) in [6.07, 6.45) is 0. The predicted molar refractivity (Wildman–Crippen MR) is 63.9 cm³/mol. The van der Waals surface area contributed by atoms with Gasteiger partial charge in [-0.2, -0.15) is 0 Å². The normalized spacial score (nSPS) is 10.4. The van der Waals surface area contributed by atoms with Gasteiger partial charge in [0.05, 0.1) is 5.69 Å². The van der Waals surface area contributed by atoms with Crippen LogP contribution in [0, 0.1) is 12.7 Å². The Bertz CT molecular complexity index is 514. The maximum absolute atomic E-state index is 13.4. The number of aromatic nitrogens is 1. The molecule has 0 radical (unpaired) electrons. The molecule has 1 heterocycles. The van der Waals surface area contributed by atoms with E-state index in [0.29, 0.717) is 15.6 Å².